The molecule has 3 heterocycles. The molecule has 0 amide bonds. The van der Waals surface area contributed by atoms with Crippen LogP contribution >= 0.6 is 38.6 Å². The summed E-state index contributed by atoms with van der Waals surface area (Å²) in [7, 11) is 0. The van der Waals surface area contributed by atoms with Gasteiger partial charge in [-0.25, -0.2) is 4.98 Å². The quantitative estimate of drug-likeness (QED) is 0.688. The van der Waals surface area contributed by atoms with Crippen LogP contribution in [0.3, 0.4) is 0 Å². The van der Waals surface area contributed by atoms with E-state index in [0.29, 0.717) is 6.42 Å². The van der Waals surface area contributed by atoms with Crippen molar-refractivity contribution >= 4 is 49.3 Å². The van der Waals surface area contributed by atoms with Crippen LogP contribution in [0.5, 0.6) is 0 Å². The van der Waals surface area contributed by atoms with E-state index in [2.05, 4.69) is 20.9 Å². The Bertz CT molecular complexity index is 654. The number of imidazole rings is 1. The van der Waals surface area contributed by atoms with Gasteiger partial charge in [0.1, 0.15) is 0 Å². The Balaban J connectivity index is 1.83. The molecule has 6 heteroatoms. The summed E-state index contributed by atoms with van der Waals surface area (Å²) in [6.45, 7) is 0. The van der Waals surface area contributed by atoms with E-state index in [4.69, 9.17) is 0 Å². The number of hydrogen-bond acceptors (Lipinski definition) is 4. The smallest absolute Gasteiger partial charge is 0.193 e. The number of nitrogens with zero attached hydrogens (tertiary/aromatic N) is 2. The fraction of sp³-hybridized carbons (Fsp3) is 0.0909. The molecule has 86 valence electrons. The number of aromatic nitrogens is 2. The minimum absolute atomic E-state index is 0.117. The molecular formula is C11H7BrN2OS2. The first-order valence-electron chi connectivity index (χ1n) is 4.92. The van der Waals surface area contributed by atoms with Crippen molar-refractivity contribution in [3.8, 4) is 0 Å². The topological polar surface area (TPSA) is 34.4 Å². The lowest BCUT2D eigenvalue weighted by atomic mass is 10.2. The number of rotatable bonds is 3. The Morgan fingerprint density at radius 1 is 1.47 bits per heavy atom. The molecule has 0 spiro atoms. The van der Waals surface area contributed by atoms with Gasteiger partial charge in [0.15, 0.2) is 10.7 Å². The highest BCUT2D eigenvalue weighted by atomic mass is 79.9. The normalized spacial score (nSPS) is 11.1. The Morgan fingerprint density at radius 2 is 2.35 bits per heavy atom. The van der Waals surface area contributed by atoms with Gasteiger partial charge in [0.2, 0.25) is 0 Å². The number of hydrogen-bond donors (Lipinski definition) is 0. The maximum atomic E-state index is 12.0. The number of Topliss-reactive ketones (excluding diaryl/α,β-unsaturated/α-hetero) is 1. The Kier molecular flexibility index (Phi) is 2.85. The number of carbonyl (C=O) groups is 1. The van der Waals surface area contributed by atoms with Crippen LogP contribution in [0.15, 0.2) is 33.7 Å². The number of ketones is 1. The first-order valence-corrected chi connectivity index (χ1v) is 7.41. The summed E-state index contributed by atoms with van der Waals surface area (Å²) in [5.41, 5.74) is 0.825. The lowest BCUT2D eigenvalue weighted by molar-refractivity contribution is 0.0996. The molecule has 3 nitrogen and oxygen atoms in total. The average molecular weight is 327 g/mol. The summed E-state index contributed by atoms with van der Waals surface area (Å²) in [5.74, 6) is 0.117. The molecule has 0 aliphatic heterocycles. The van der Waals surface area contributed by atoms with E-state index in [1.165, 1.54) is 11.3 Å². The zero-order valence-electron chi connectivity index (χ0n) is 8.59. The van der Waals surface area contributed by atoms with E-state index >= 15 is 0 Å². The summed E-state index contributed by atoms with van der Waals surface area (Å²) in [6, 6.07) is 3.74. The van der Waals surface area contributed by atoms with Crippen LogP contribution in [0.25, 0.3) is 4.96 Å². The van der Waals surface area contributed by atoms with Crippen molar-refractivity contribution < 1.29 is 4.79 Å². The third-order valence-electron chi connectivity index (χ3n) is 2.33. The summed E-state index contributed by atoms with van der Waals surface area (Å²) < 4.78 is 2.92. The first kappa shape index (κ1) is 11.1. The van der Waals surface area contributed by atoms with Crippen LogP contribution < -0.4 is 0 Å². The zero-order chi connectivity index (χ0) is 11.8. The molecule has 3 rings (SSSR count). The van der Waals surface area contributed by atoms with E-state index in [1.54, 1.807) is 11.3 Å². The van der Waals surface area contributed by atoms with Gasteiger partial charge in [-0.15, -0.1) is 22.7 Å². The molecule has 0 fully saturated rings. The van der Waals surface area contributed by atoms with Crippen molar-refractivity contribution in [2.45, 2.75) is 6.42 Å². The summed E-state index contributed by atoms with van der Waals surface area (Å²) in [4.78, 5) is 18.1. The van der Waals surface area contributed by atoms with Gasteiger partial charge in [-0.05, 0) is 28.1 Å². The van der Waals surface area contributed by atoms with Gasteiger partial charge >= 0.3 is 0 Å². The zero-order valence-corrected chi connectivity index (χ0v) is 11.8. The number of thiazole rings is 1. The van der Waals surface area contributed by atoms with Crippen LogP contribution in [0.1, 0.15) is 15.4 Å². The third-order valence-corrected chi connectivity index (χ3v) is 4.77. The van der Waals surface area contributed by atoms with Crippen LogP contribution in [0.4, 0.5) is 0 Å². The van der Waals surface area contributed by atoms with E-state index in [9.17, 15) is 4.79 Å². The largest absolute Gasteiger partial charge is 0.297 e. The van der Waals surface area contributed by atoms with E-state index in [1.807, 2.05) is 34.3 Å². The second-order valence-corrected chi connectivity index (χ2v) is 6.86. The fourth-order valence-electron chi connectivity index (χ4n) is 1.58. The minimum Gasteiger partial charge on any atom is -0.297 e. The molecule has 0 radical (unpaired) electrons. The molecule has 0 saturated carbocycles. The predicted octanol–water partition coefficient (Wildman–Crippen LogP) is 3.65. The molecule has 0 aromatic carbocycles. The Morgan fingerprint density at radius 3 is 3.06 bits per heavy atom. The van der Waals surface area contributed by atoms with Crippen LogP contribution in [-0.2, 0) is 6.42 Å². The van der Waals surface area contributed by atoms with Crippen LogP contribution in [-0.4, -0.2) is 15.2 Å². The Labute approximate surface area is 114 Å². The molecule has 3 aromatic heterocycles. The highest BCUT2D eigenvalue weighted by molar-refractivity contribution is 9.11. The number of fused-ring (bicyclic) bond motifs is 1. The van der Waals surface area contributed by atoms with E-state index in [-0.39, 0.29) is 5.78 Å². The second kappa shape index (κ2) is 4.36. The van der Waals surface area contributed by atoms with Crippen LogP contribution in [0, 0.1) is 0 Å². The van der Waals surface area contributed by atoms with Gasteiger partial charge in [0.05, 0.1) is 20.8 Å². The Hall–Kier alpha value is -0.980. The van der Waals surface area contributed by atoms with Crippen molar-refractivity contribution in [1.29, 1.82) is 0 Å². The van der Waals surface area contributed by atoms with Crippen LogP contribution in [0.2, 0.25) is 0 Å². The van der Waals surface area contributed by atoms with E-state index < -0.39 is 0 Å². The molecule has 0 bridgehead atoms. The molecule has 3 aromatic rings. The highest BCUT2D eigenvalue weighted by Gasteiger charge is 2.12. The average Bonchev–Trinajstić information content (AvgIpc) is 2.92. The molecule has 17 heavy (non-hydrogen) atoms. The van der Waals surface area contributed by atoms with Crippen molar-refractivity contribution in [2.24, 2.45) is 0 Å². The SMILES string of the molecule is O=C(Cc1cn2ccsc2n1)c1ccc(Br)s1. The molecule has 0 unspecified atom stereocenters. The second-order valence-electron chi connectivity index (χ2n) is 3.53. The maximum Gasteiger partial charge on any atom is 0.193 e. The molecule has 0 aliphatic carbocycles. The van der Waals surface area contributed by atoms with Gasteiger partial charge < -0.3 is 0 Å². The number of carbonyl (C=O) groups excluding carboxylic acids is 1. The fourth-order valence-corrected chi connectivity index (χ4v) is 3.62. The van der Waals surface area contributed by atoms with E-state index in [0.717, 1.165) is 19.3 Å². The summed E-state index contributed by atoms with van der Waals surface area (Å²) >= 11 is 6.39. The molecule has 0 N–H and O–H groups in total. The predicted molar refractivity (Wildman–Crippen MR) is 73.1 cm³/mol. The van der Waals surface area contributed by atoms with Crippen molar-refractivity contribution in [3.63, 3.8) is 0 Å². The highest BCUT2D eigenvalue weighted by Crippen LogP contribution is 2.23. The molecule has 0 aliphatic rings. The maximum absolute atomic E-state index is 12.0. The third kappa shape index (κ3) is 2.20. The molecule has 0 atom stereocenters. The lowest BCUT2D eigenvalue weighted by Gasteiger charge is -1.93. The summed E-state index contributed by atoms with van der Waals surface area (Å²) in [5, 5.41) is 1.98. The minimum atomic E-state index is 0.117. The monoisotopic (exact) mass is 326 g/mol. The number of halogens is 1. The molecule has 0 saturated heterocycles. The van der Waals surface area contributed by atoms with Crippen molar-refractivity contribution in [1.82, 2.24) is 9.38 Å². The number of thiophene rings is 1. The van der Waals surface area contributed by atoms with Gasteiger partial charge in [-0.2, -0.15) is 0 Å². The van der Waals surface area contributed by atoms with Crippen molar-refractivity contribution in [3.05, 3.63) is 44.3 Å². The lowest BCUT2D eigenvalue weighted by Crippen LogP contribution is -2.01. The standard InChI is InChI=1S/C11H7BrN2OS2/c12-10-2-1-9(17-10)8(15)5-7-6-14-3-4-16-11(14)13-7/h1-4,6H,5H2. The molecular weight excluding hydrogens is 320 g/mol. The van der Waals surface area contributed by atoms with Crippen molar-refractivity contribution in [2.75, 3.05) is 0 Å². The van der Waals surface area contributed by atoms with Gasteiger partial charge in [-0.3, -0.25) is 9.20 Å². The van der Waals surface area contributed by atoms with Gasteiger partial charge in [-0.1, -0.05) is 0 Å². The first-order chi connectivity index (χ1) is 8.22. The summed E-state index contributed by atoms with van der Waals surface area (Å²) in [6.07, 6.45) is 4.22. The van der Waals surface area contributed by atoms with Gasteiger partial charge in [0, 0.05) is 17.8 Å². The van der Waals surface area contributed by atoms with Gasteiger partial charge in [0.25, 0.3) is 0 Å².